The molecule has 19 heavy (non-hydrogen) atoms. The summed E-state index contributed by atoms with van der Waals surface area (Å²) >= 11 is 0. The number of primary amides is 1. The Bertz CT molecular complexity index is 531. The number of benzene rings is 1. The quantitative estimate of drug-likeness (QED) is 0.768. The number of hydrogen-bond acceptors (Lipinski definition) is 5. The van der Waals surface area contributed by atoms with E-state index in [0.717, 1.165) is 12.1 Å². The van der Waals surface area contributed by atoms with Gasteiger partial charge in [-0.1, -0.05) is 0 Å². The molecule has 6 nitrogen and oxygen atoms in total. The minimum Gasteiger partial charge on any atom is -0.448 e. The Labute approximate surface area is 108 Å². The molecule has 0 saturated carbocycles. The van der Waals surface area contributed by atoms with Gasteiger partial charge in [-0.25, -0.2) is 13.2 Å². The molecule has 0 aliphatic rings. The van der Waals surface area contributed by atoms with Crippen LogP contribution in [0.25, 0.3) is 0 Å². The molecule has 0 atom stereocenters. The molecule has 0 aliphatic heterocycles. The molecule has 1 aromatic carbocycles. The Kier molecular flexibility index (Phi) is 5.04. The van der Waals surface area contributed by atoms with Gasteiger partial charge in [-0.3, -0.25) is 0 Å². The predicted octanol–water partition coefficient (Wildman–Crippen LogP) is 1.19. The lowest BCUT2D eigenvalue weighted by Crippen LogP contribution is -2.18. The van der Waals surface area contributed by atoms with Crippen molar-refractivity contribution in [3.05, 3.63) is 24.3 Å². The summed E-state index contributed by atoms with van der Waals surface area (Å²) in [6.07, 6.45) is -0.903. The highest BCUT2D eigenvalue weighted by molar-refractivity contribution is 7.91. The van der Waals surface area contributed by atoms with Crippen molar-refractivity contribution in [1.29, 1.82) is 0 Å². The van der Waals surface area contributed by atoms with E-state index in [4.69, 9.17) is 5.73 Å². The number of carbonyl (C=O) groups is 1. The van der Waals surface area contributed by atoms with E-state index in [1.165, 1.54) is 12.1 Å². The van der Waals surface area contributed by atoms with Crippen LogP contribution in [0.15, 0.2) is 29.2 Å². The second kappa shape index (κ2) is 6.32. The highest BCUT2D eigenvalue weighted by atomic mass is 32.2. The maximum Gasteiger partial charge on any atom is 0.404 e. The first-order valence-corrected chi connectivity index (χ1v) is 6.67. The number of nitrogens with one attached hydrogen (secondary N) is 1. The van der Waals surface area contributed by atoms with Crippen LogP contribution < -0.4 is 11.1 Å². The zero-order valence-electron chi connectivity index (χ0n) is 9.68. The van der Waals surface area contributed by atoms with E-state index in [2.05, 4.69) is 10.1 Å². The summed E-state index contributed by atoms with van der Waals surface area (Å²) in [4.78, 5) is 9.81. The molecule has 0 aliphatic carbocycles. The first-order valence-electron chi connectivity index (χ1n) is 5.12. The van der Waals surface area contributed by atoms with Gasteiger partial charge < -0.3 is 15.8 Å². The van der Waals surface area contributed by atoms with Crippen molar-refractivity contribution < 1.29 is 26.7 Å². The molecule has 0 fully saturated rings. The van der Waals surface area contributed by atoms with E-state index >= 15 is 0 Å². The van der Waals surface area contributed by atoms with Gasteiger partial charge in [0.15, 0.2) is 0 Å². The van der Waals surface area contributed by atoms with Gasteiger partial charge in [0.2, 0.25) is 9.84 Å². The average Bonchev–Trinajstić information content (AvgIpc) is 2.35. The highest BCUT2D eigenvalue weighted by Gasteiger charge is 2.26. The molecule has 1 amide bonds. The summed E-state index contributed by atoms with van der Waals surface area (Å²) in [6.45, 7) is 0.288. The van der Waals surface area contributed by atoms with Crippen LogP contribution in [0.2, 0.25) is 0 Å². The Morgan fingerprint density at radius 2 is 1.89 bits per heavy atom. The minimum atomic E-state index is -4.58. The third-order valence-corrected chi connectivity index (χ3v) is 3.49. The maximum atomic E-state index is 12.3. The summed E-state index contributed by atoms with van der Waals surface area (Å²) in [7, 11) is -4.58. The molecule has 106 valence electrons. The van der Waals surface area contributed by atoms with Crippen LogP contribution in [0.1, 0.15) is 0 Å². The van der Waals surface area contributed by atoms with Crippen molar-refractivity contribution in [1.82, 2.24) is 0 Å². The lowest BCUT2D eigenvalue weighted by molar-refractivity contribution is 0.161. The van der Waals surface area contributed by atoms with E-state index in [1.807, 2.05) is 0 Å². The monoisotopic (exact) mass is 294 g/mol. The second-order valence-corrected chi connectivity index (χ2v) is 5.34. The Morgan fingerprint density at radius 1 is 1.32 bits per heavy atom. The molecular weight excluding hydrogens is 282 g/mol. The first-order chi connectivity index (χ1) is 8.84. The fraction of sp³-hybridized carbons (Fsp3) is 0.300. The number of carbonyl (C=O) groups excluding carboxylic acids is 1. The van der Waals surface area contributed by atoms with Gasteiger partial charge in [0, 0.05) is 12.2 Å². The number of anilines is 1. The molecule has 0 heterocycles. The number of ether oxygens (including phenoxy) is 1. The molecular formula is C10H12F2N2O4S. The van der Waals surface area contributed by atoms with Crippen LogP contribution in [-0.2, 0) is 14.6 Å². The van der Waals surface area contributed by atoms with Crippen LogP contribution in [0.5, 0.6) is 0 Å². The standard InChI is InChI=1S/C10H12F2N2O4S/c11-9(12)19(16,17)8-3-1-7(2-4-8)14-5-6-18-10(13)15/h1-4,9,14H,5-6H2,(H2,13,15). The van der Waals surface area contributed by atoms with Gasteiger partial charge in [0.25, 0.3) is 0 Å². The summed E-state index contributed by atoms with van der Waals surface area (Å²) in [5, 5.41) is 2.79. The van der Waals surface area contributed by atoms with Crippen molar-refractivity contribution in [2.75, 3.05) is 18.5 Å². The predicted molar refractivity (Wildman–Crippen MR) is 63.7 cm³/mol. The molecule has 1 aromatic rings. The number of sulfone groups is 1. The Balaban J connectivity index is 2.60. The van der Waals surface area contributed by atoms with Crippen molar-refractivity contribution in [2.45, 2.75) is 10.7 Å². The third-order valence-electron chi connectivity index (χ3n) is 2.09. The third kappa shape index (κ3) is 4.36. The SMILES string of the molecule is NC(=O)OCCNc1ccc(S(=O)(=O)C(F)F)cc1. The zero-order chi connectivity index (χ0) is 14.5. The van der Waals surface area contributed by atoms with Gasteiger partial charge >= 0.3 is 11.9 Å². The molecule has 0 aromatic heterocycles. The van der Waals surface area contributed by atoms with Gasteiger partial charge in [0.05, 0.1) is 4.90 Å². The number of alkyl halides is 2. The molecule has 0 unspecified atom stereocenters. The van der Waals surface area contributed by atoms with Gasteiger partial charge in [-0.15, -0.1) is 0 Å². The fourth-order valence-corrected chi connectivity index (χ4v) is 1.93. The summed E-state index contributed by atoms with van der Waals surface area (Å²) < 4.78 is 51.2. The highest BCUT2D eigenvalue weighted by Crippen LogP contribution is 2.20. The Morgan fingerprint density at radius 3 is 2.37 bits per heavy atom. The molecule has 3 N–H and O–H groups in total. The maximum absolute atomic E-state index is 12.3. The molecule has 0 spiro atoms. The van der Waals surface area contributed by atoms with Crippen molar-refractivity contribution in [3.8, 4) is 0 Å². The van der Waals surface area contributed by atoms with E-state index in [1.54, 1.807) is 0 Å². The largest absolute Gasteiger partial charge is 0.448 e. The number of halogens is 2. The smallest absolute Gasteiger partial charge is 0.404 e. The minimum absolute atomic E-state index is 0.0341. The summed E-state index contributed by atoms with van der Waals surface area (Å²) in [5.41, 5.74) is 5.24. The number of rotatable bonds is 6. The Hall–Kier alpha value is -1.90. The summed E-state index contributed by atoms with van der Waals surface area (Å²) in [5.74, 6) is -3.45. The van der Waals surface area contributed by atoms with Crippen molar-refractivity contribution in [2.24, 2.45) is 5.73 Å². The van der Waals surface area contributed by atoms with Crippen LogP contribution in [0.4, 0.5) is 19.3 Å². The number of nitrogens with two attached hydrogens (primary N) is 1. The van der Waals surface area contributed by atoms with Crippen LogP contribution in [0, 0.1) is 0 Å². The second-order valence-electron chi connectivity index (χ2n) is 3.42. The lowest BCUT2D eigenvalue weighted by atomic mass is 10.3. The number of hydrogen-bond donors (Lipinski definition) is 2. The molecule has 0 saturated heterocycles. The zero-order valence-corrected chi connectivity index (χ0v) is 10.5. The topological polar surface area (TPSA) is 98.5 Å². The van der Waals surface area contributed by atoms with Gasteiger partial charge in [-0.05, 0) is 24.3 Å². The normalized spacial score (nSPS) is 11.3. The fourth-order valence-electron chi connectivity index (χ4n) is 1.21. The van der Waals surface area contributed by atoms with E-state index in [9.17, 15) is 22.0 Å². The van der Waals surface area contributed by atoms with Crippen molar-refractivity contribution in [3.63, 3.8) is 0 Å². The van der Waals surface area contributed by atoms with Crippen LogP contribution in [-0.4, -0.2) is 33.4 Å². The molecule has 0 bridgehead atoms. The van der Waals surface area contributed by atoms with Gasteiger partial charge in [-0.2, -0.15) is 8.78 Å². The van der Waals surface area contributed by atoms with E-state index in [0.29, 0.717) is 5.69 Å². The van der Waals surface area contributed by atoms with Crippen molar-refractivity contribution >= 4 is 21.6 Å². The number of amides is 1. The summed E-state index contributed by atoms with van der Waals surface area (Å²) in [6, 6.07) is 4.80. The molecule has 1 rings (SSSR count). The lowest BCUT2D eigenvalue weighted by Gasteiger charge is -2.07. The van der Waals surface area contributed by atoms with E-state index < -0.39 is 26.6 Å². The van der Waals surface area contributed by atoms with Crippen LogP contribution in [0.3, 0.4) is 0 Å². The first kappa shape index (κ1) is 15.2. The average molecular weight is 294 g/mol. The molecule has 0 radical (unpaired) electrons. The van der Waals surface area contributed by atoms with E-state index in [-0.39, 0.29) is 13.2 Å². The van der Waals surface area contributed by atoms with Gasteiger partial charge in [0.1, 0.15) is 6.61 Å². The van der Waals surface area contributed by atoms with Crippen LogP contribution >= 0.6 is 0 Å². The molecule has 9 heteroatoms.